The third kappa shape index (κ3) is 4.43. The summed E-state index contributed by atoms with van der Waals surface area (Å²) in [6.45, 7) is 4.05. The number of ether oxygens (including phenoxy) is 1. The number of morpholine rings is 1. The topological polar surface area (TPSA) is 58.6 Å². The van der Waals surface area contributed by atoms with E-state index in [-0.39, 0.29) is 35.6 Å². The molecule has 0 bridgehead atoms. The second-order valence-electron chi connectivity index (χ2n) is 4.91. The van der Waals surface area contributed by atoms with Gasteiger partial charge in [0.15, 0.2) is 0 Å². The molecule has 5 nitrogen and oxygen atoms in total. The average Bonchev–Trinajstić information content (AvgIpc) is 2.55. The van der Waals surface area contributed by atoms with Gasteiger partial charge >= 0.3 is 0 Å². The van der Waals surface area contributed by atoms with E-state index in [9.17, 15) is 14.0 Å². The minimum atomic E-state index is -0.601. The van der Waals surface area contributed by atoms with E-state index >= 15 is 0 Å². The van der Waals surface area contributed by atoms with Gasteiger partial charge in [-0.3, -0.25) is 9.59 Å². The fraction of sp³-hybridized carbons (Fsp3) is 0.333. The first-order valence-corrected chi connectivity index (χ1v) is 7.62. The first-order chi connectivity index (χ1) is 10.9. The van der Waals surface area contributed by atoms with E-state index in [4.69, 9.17) is 27.9 Å². The summed E-state index contributed by atoms with van der Waals surface area (Å²) in [6, 6.07) is 2.52. The molecule has 1 saturated heterocycles. The van der Waals surface area contributed by atoms with Gasteiger partial charge in [0, 0.05) is 17.1 Å². The van der Waals surface area contributed by atoms with Gasteiger partial charge in [-0.2, -0.15) is 0 Å². The van der Waals surface area contributed by atoms with Crippen molar-refractivity contribution in [3.63, 3.8) is 0 Å². The first-order valence-electron chi connectivity index (χ1n) is 6.86. The highest BCUT2D eigenvalue weighted by molar-refractivity contribution is 6.35. The van der Waals surface area contributed by atoms with Crippen molar-refractivity contribution < 1.29 is 18.7 Å². The molecule has 124 valence electrons. The molecule has 0 saturated carbocycles. The van der Waals surface area contributed by atoms with Crippen LogP contribution >= 0.6 is 23.2 Å². The highest BCUT2D eigenvalue weighted by Gasteiger charge is 2.27. The highest BCUT2D eigenvalue weighted by atomic mass is 35.5. The number of nitrogens with one attached hydrogen (secondary N) is 1. The van der Waals surface area contributed by atoms with Crippen LogP contribution < -0.4 is 5.32 Å². The number of hydrogen-bond donors (Lipinski definition) is 1. The Morgan fingerprint density at radius 1 is 1.43 bits per heavy atom. The Labute approximate surface area is 143 Å². The Morgan fingerprint density at radius 2 is 2.17 bits per heavy atom. The fourth-order valence-electron chi connectivity index (χ4n) is 2.20. The molecule has 1 unspecified atom stereocenters. The number of nitrogens with zero attached hydrogens (tertiary/aromatic N) is 1. The summed E-state index contributed by atoms with van der Waals surface area (Å²) in [7, 11) is 0. The van der Waals surface area contributed by atoms with Gasteiger partial charge in [0.2, 0.25) is 11.8 Å². The van der Waals surface area contributed by atoms with Crippen LogP contribution in [-0.4, -0.2) is 43.0 Å². The summed E-state index contributed by atoms with van der Waals surface area (Å²) in [4.78, 5) is 24.7. The molecule has 0 radical (unpaired) electrons. The van der Waals surface area contributed by atoms with Crippen LogP contribution in [0, 0.1) is 5.82 Å². The third-order valence-electron chi connectivity index (χ3n) is 3.40. The zero-order chi connectivity index (χ0) is 17.0. The van der Waals surface area contributed by atoms with Crippen molar-refractivity contribution >= 4 is 35.0 Å². The summed E-state index contributed by atoms with van der Waals surface area (Å²) < 4.78 is 19.2. The van der Waals surface area contributed by atoms with Gasteiger partial charge in [-0.15, -0.1) is 0 Å². The lowest BCUT2D eigenvalue weighted by Crippen LogP contribution is -2.46. The Morgan fingerprint density at radius 3 is 2.87 bits per heavy atom. The van der Waals surface area contributed by atoms with Crippen LogP contribution in [-0.2, 0) is 14.3 Å². The van der Waals surface area contributed by atoms with Gasteiger partial charge < -0.3 is 15.0 Å². The lowest BCUT2D eigenvalue weighted by atomic mass is 10.1. The minimum Gasteiger partial charge on any atom is -0.370 e. The molecule has 8 heteroatoms. The second kappa shape index (κ2) is 7.77. The van der Waals surface area contributed by atoms with Crippen molar-refractivity contribution in [2.75, 3.05) is 26.2 Å². The normalized spacial score (nSPS) is 17.7. The Kier molecular flexibility index (Phi) is 5.98. The minimum absolute atomic E-state index is 0.0744. The molecule has 1 aliphatic rings. The van der Waals surface area contributed by atoms with E-state index in [0.717, 1.165) is 6.08 Å². The van der Waals surface area contributed by atoms with Gasteiger partial charge in [-0.05, 0) is 18.2 Å². The van der Waals surface area contributed by atoms with Gasteiger partial charge in [0.25, 0.3) is 0 Å². The summed E-state index contributed by atoms with van der Waals surface area (Å²) in [5.41, 5.74) is 0.432. The van der Waals surface area contributed by atoms with E-state index in [1.807, 2.05) is 0 Å². The second-order valence-corrected chi connectivity index (χ2v) is 5.72. The summed E-state index contributed by atoms with van der Waals surface area (Å²) >= 11 is 11.8. The largest absolute Gasteiger partial charge is 0.370 e. The first kappa shape index (κ1) is 17.7. The molecule has 1 atom stereocenters. The molecule has 2 amide bonds. The van der Waals surface area contributed by atoms with E-state index in [1.165, 1.54) is 17.0 Å². The summed E-state index contributed by atoms with van der Waals surface area (Å²) in [5, 5.41) is 2.62. The predicted molar refractivity (Wildman–Crippen MR) is 84.9 cm³/mol. The van der Waals surface area contributed by atoms with Gasteiger partial charge in [0.05, 0.1) is 24.7 Å². The zero-order valence-corrected chi connectivity index (χ0v) is 13.7. The van der Waals surface area contributed by atoms with Crippen LogP contribution in [0.5, 0.6) is 0 Å². The molecule has 0 aliphatic carbocycles. The summed E-state index contributed by atoms with van der Waals surface area (Å²) in [6.07, 6.45) is 0.535. The van der Waals surface area contributed by atoms with Crippen LogP contribution in [0.2, 0.25) is 10.0 Å². The summed E-state index contributed by atoms with van der Waals surface area (Å²) in [5.74, 6) is -1.29. The molecule has 1 aromatic carbocycles. The van der Waals surface area contributed by atoms with Crippen molar-refractivity contribution in [2.45, 2.75) is 6.10 Å². The Hall–Kier alpha value is -1.63. The smallest absolute Gasteiger partial charge is 0.243 e. The molecule has 1 heterocycles. The molecular weight excluding hydrogens is 346 g/mol. The van der Waals surface area contributed by atoms with Crippen LogP contribution in [0.1, 0.15) is 11.7 Å². The quantitative estimate of drug-likeness (QED) is 0.662. The van der Waals surface area contributed by atoms with Gasteiger partial charge in [0.1, 0.15) is 11.9 Å². The molecule has 1 fully saturated rings. The Bertz CT molecular complexity index is 639. The lowest BCUT2D eigenvalue weighted by molar-refractivity contribution is -0.139. The SMILES string of the molecule is C=CC(=O)NCC(=O)N1CCOC(c2cc(F)c(Cl)cc2Cl)C1. The van der Waals surface area contributed by atoms with Crippen LogP contribution in [0.3, 0.4) is 0 Å². The number of hydrogen-bond acceptors (Lipinski definition) is 3. The van der Waals surface area contributed by atoms with Gasteiger partial charge in [-0.25, -0.2) is 4.39 Å². The monoisotopic (exact) mass is 360 g/mol. The van der Waals surface area contributed by atoms with E-state index in [0.29, 0.717) is 12.1 Å². The van der Waals surface area contributed by atoms with Crippen molar-refractivity contribution in [1.29, 1.82) is 0 Å². The average molecular weight is 361 g/mol. The maximum atomic E-state index is 13.6. The fourth-order valence-corrected chi connectivity index (χ4v) is 2.70. The molecule has 1 aliphatic heterocycles. The number of benzene rings is 1. The predicted octanol–water partition coefficient (Wildman–Crippen LogP) is 2.33. The van der Waals surface area contributed by atoms with Gasteiger partial charge in [-0.1, -0.05) is 29.8 Å². The van der Waals surface area contributed by atoms with E-state index in [2.05, 4.69) is 11.9 Å². The van der Waals surface area contributed by atoms with E-state index < -0.39 is 17.8 Å². The third-order valence-corrected chi connectivity index (χ3v) is 4.02. The molecule has 0 spiro atoms. The molecule has 0 aromatic heterocycles. The lowest BCUT2D eigenvalue weighted by Gasteiger charge is -2.33. The van der Waals surface area contributed by atoms with Crippen LogP contribution in [0.4, 0.5) is 4.39 Å². The molecular formula is C15H15Cl2FN2O3. The number of amides is 2. The molecule has 23 heavy (non-hydrogen) atoms. The van der Waals surface area contributed by atoms with Crippen molar-refractivity contribution in [3.8, 4) is 0 Å². The number of carbonyl (C=O) groups is 2. The molecule has 2 rings (SSSR count). The highest BCUT2D eigenvalue weighted by Crippen LogP contribution is 2.32. The zero-order valence-electron chi connectivity index (χ0n) is 12.2. The Balaban J connectivity index is 2.06. The molecule has 1 aromatic rings. The van der Waals surface area contributed by atoms with Crippen molar-refractivity contribution in [2.24, 2.45) is 0 Å². The number of rotatable bonds is 4. The maximum absolute atomic E-state index is 13.6. The molecule has 1 N–H and O–H groups in total. The maximum Gasteiger partial charge on any atom is 0.243 e. The van der Waals surface area contributed by atoms with Crippen LogP contribution in [0.25, 0.3) is 0 Å². The van der Waals surface area contributed by atoms with Crippen LogP contribution in [0.15, 0.2) is 24.8 Å². The van der Waals surface area contributed by atoms with E-state index in [1.54, 1.807) is 0 Å². The van der Waals surface area contributed by atoms with Crippen molar-refractivity contribution in [3.05, 3.63) is 46.2 Å². The standard InChI is InChI=1S/C15H15Cl2FN2O3/c1-2-14(21)19-7-15(22)20-3-4-23-13(8-20)9-5-12(18)11(17)6-10(9)16/h2,5-6,13H,1,3-4,7-8H2,(H,19,21). The number of carbonyl (C=O) groups excluding carboxylic acids is 2. The van der Waals surface area contributed by atoms with Crippen molar-refractivity contribution in [1.82, 2.24) is 10.2 Å². The number of halogens is 3.